The van der Waals surface area contributed by atoms with Gasteiger partial charge in [-0.25, -0.2) is 4.98 Å². The monoisotopic (exact) mass is 251 g/mol. The van der Waals surface area contributed by atoms with Gasteiger partial charge in [-0.3, -0.25) is 4.79 Å². The van der Waals surface area contributed by atoms with Gasteiger partial charge in [-0.2, -0.15) is 0 Å². The van der Waals surface area contributed by atoms with E-state index in [1.54, 1.807) is 17.0 Å². The number of aliphatic hydroxyl groups excluding tert-OH is 1. The summed E-state index contributed by atoms with van der Waals surface area (Å²) >= 11 is 0. The van der Waals surface area contributed by atoms with E-state index in [1.807, 2.05) is 6.92 Å². The van der Waals surface area contributed by atoms with Gasteiger partial charge in [0.25, 0.3) is 5.56 Å². The molecular weight excluding hydrogens is 230 g/mol. The molecule has 0 amide bonds. The highest BCUT2D eigenvalue weighted by molar-refractivity contribution is 5.31. The fourth-order valence-electron chi connectivity index (χ4n) is 2.19. The summed E-state index contributed by atoms with van der Waals surface area (Å²) in [6.45, 7) is 3.70. The molecule has 0 radical (unpaired) electrons. The minimum absolute atomic E-state index is 0.0563. The van der Waals surface area contributed by atoms with Crippen LogP contribution in [0.2, 0.25) is 0 Å². The Bertz CT molecular complexity index is 452. The number of nitrogens with zero attached hydrogens (tertiary/aromatic N) is 2. The second kappa shape index (κ2) is 5.52. The molecular formula is C13H21N3O2. The van der Waals surface area contributed by atoms with Crippen LogP contribution in [-0.4, -0.2) is 27.8 Å². The van der Waals surface area contributed by atoms with Crippen molar-refractivity contribution in [2.75, 3.05) is 18.5 Å². The van der Waals surface area contributed by atoms with Crippen LogP contribution in [0.25, 0.3) is 0 Å². The van der Waals surface area contributed by atoms with Crippen molar-refractivity contribution in [2.45, 2.75) is 39.2 Å². The molecule has 0 spiro atoms. The fraction of sp³-hybridized carbons (Fsp3) is 0.692. The van der Waals surface area contributed by atoms with E-state index in [9.17, 15) is 4.79 Å². The first kappa shape index (κ1) is 13.1. The van der Waals surface area contributed by atoms with E-state index in [1.165, 1.54) is 0 Å². The zero-order chi connectivity index (χ0) is 13.0. The molecule has 1 saturated carbocycles. The Balaban J connectivity index is 2.01. The Morgan fingerprint density at radius 3 is 2.94 bits per heavy atom. The summed E-state index contributed by atoms with van der Waals surface area (Å²) in [5.74, 6) is 0.426. The van der Waals surface area contributed by atoms with Crippen molar-refractivity contribution in [2.24, 2.45) is 5.41 Å². The highest BCUT2D eigenvalue weighted by atomic mass is 16.3. The second-order valence-electron chi connectivity index (χ2n) is 5.10. The van der Waals surface area contributed by atoms with Crippen molar-refractivity contribution in [1.29, 1.82) is 0 Å². The molecule has 100 valence electrons. The van der Waals surface area contributed by atoms with Crippen molar-refractivity contribution in [3.8, 4) is 0 Å². The molecule has 0 bridgehead atoms. The van der Waals surface area contributed by atoms with Gasteiger partial charge in [-0.05, 0) is 31.1 Å². The third kappa shape index (κ3) is 2.90. The van der Waals surface area contributed by atoms with E-state index in [0.29, 0.717) is 5.82 Å². The van der Waals surface area contributed by atoms with E-state index in [4.69, 9.17) is 5.11 Å². The quantitative estimate of drug-likeness (QED) is 0.765. The van der Waals surface area contributed by atoms with Crippen LogP contribution in [0.15, 0.2) is 17.2 Å². The number of hydrogen-bond donors (Lipinski definition) is 2. The lowest BCUT2D eigenvalue weighted by molar-refractivity contribution is 0.253. The summed E-state index contributed by atoms with van der Waals surface area (Å²) in [5, 5.41) is 12.1. The Labute approximate surface area is 107 Å². The minimum Gasteiger partial charge on any atom is -0.396 e. The van der Waals surface area contributed by atoms with Crippen LogP contribution in [0.4, 0.5) is 5.82 Å². The Hall–Kier alpha value is -1.36. The van der Waals surface area contributed by atoms with Gasteiger partial charge in [-0.1, -0.05) is 6.92 Å². The predicted octanol–water partition coefficient (Wildman–Crippen LogP) is 1.23. The molecule has 0 aliphatic heterocycles. The largest absolute Gasteiger partial charge is 0.396 e. The lowest BCUT2D eigenvalue weighted by Gasteiger charge is -2.15. The van der Waals surface area contributed by atoms with Gasteiger partial charge in [0.2, 0.25) is 0 Å². The van der Waals surface area contributed by atoms with Gasteiger partial charge in [-0.15, -0.1) is 0 Å². The molecule has 0 saturated heterocycles. The van der Waals surface area contributed by atoms with E-state index in [-0.39, 0.29) is 17.6 Å². The number of aliphatic hydroxyl groups is 1. The van der Waals surface area contributed by atoms with E-state index < -0.39 is 0 Å². The molecule has 1 aliphatic carbocycles. The van der Waals surface area contributed by atoms with Gasteiger partial charge in [0.15, 0.2) is 5.82 Å². The third-order valence-corrected chi connectivity index (χ3v) is 3.61. The number of nitrogens with one attached hydrogen (secondary N) is 1. The highest BCUT2D eigenvalue weighted by Gasteiger charge is 2.41. The first-order chi connectivity index (χ1) is 8.71. The normalized spacial score (nSPS) is 16.6. The van der Waals surface area contributed by atoms with Crippen molar-refractivity contribution >= 4 is 5.82 Å². The summed E-state index contributed by atoms with van der Waals surface area (Å²) in [6.07, 6.45) is 7.35. The molecule has 5 nitrogen and oxygen atoms in total. The zero-order valence-corrected chi connectivity index (χ0v) is 10.9. The molecule has 1 fully saturated rings. The number of hydrogen-bond acceptors (Lipinski definition) is 4. The molecule has 2 rings (SSSR count). The van der Waals surface area contributed by atoms with Gasteiger partial charge in [0, 0.05) is 32.1 Å². The smallest absolute Gasteiger partial charge is 0.293 e. The summed E-state index contributed by atoms with van der Waals surface area (Å²) in [4.78, 5) is 16.1. The summed E-state index contributed by atoms with van der Waals surface area (Å²) in [7, 11) is 0. The fourth-order valence-corrected chi connectivity index (χ4v) is 2.19. The summed E-state index contributed by atoms with van der Waals surface area (Å²) in [5.41, 5.74) is 0.132. The molecule has 5 heteroatoms. The molecule has 1 aromatic rings. The maximum Gasteiger partial charge on any atom is 0.293 e. The first-order valence-electron chi connectivity index (χ1n) is 6.61. The van der Waals surface area contributed by atoms with Crippen LogP contribution < -0.4 is 10.9 Å². The van der Waals surface area contributed by atoms with Crippen molar-refractivity contribution in [3.05, 3.63) is 22.7 Å². The van der Waals surface area contributed by atoms with Gasteiger partial charge in [0.05, 0.1) is 0 Å². The molecule has 1 heterocycles. The number of aryl methyl sites for hydroxylation is 1. The molecule has 2 N–H and O–H groups in total. The lowest BCUT2D eigenvalue weighted by atomic mass is 10.0. The highest BCUT2D eigenvalue weighted by Crippen LogP contribution is 2.48. The van der Waals surface area contributed by atoms with Crippen molar-refractivity contribution in [1.82, 2.24) is 9.55 Å². The molecule has 0 aromatic carbocycles. The van der Waals surface area contributed by atoms with Crippen LogP contribution in [0.1, 0.15) is 32.6 Å². The van der Waals surface area contributed by atoms with Crippen LogP contribution in [0, 0.1) is 5.41 Å². The molecule has 1 aromatic heterocycles. The summed E-state index contributed by atoms with van der Waals surface area (Å²) < 4.78 is 1.68. The molecule has 18 heavy (non-hydrogen) atoms. The number of rotatable bonds is 7. The van der Waals surface area contributed by atoms with Crippen LogP contribution in [0.5, 0.6) is 0 Å². The second-order valence-corrected chi connectivity index (χ2v) is 5.10. The van der Waals surface area contributed by atoms with Gasteiger partial charge in [0.1, 0.15) is 0 Å². The molecule has 0 unspecified atom stereocenters. The van der Waals surface area contributed by atoms with E-state index in [2.05, 4.69) is 10.3 Å². The van der Waals surface area contributed by atoms with Gasteiger partial charge < -0.3 is 15.0 Å². The Morgan fingerprint density at radius 2 is 2.33 bits per heavy atom. The maximum atomic E-state index is 12.0. The minimum atomic E-state index is -0.0563. The lowest BCUT2D eigenvalue weighted by Crippen LogP contribution is -2.27. The Morgan fingerprint density at radius 1 is 1.56 bits per heavy atom. The summed E-state index contributed by atoms with van der Waals surface area (Å²) in [6, 6.07) is 0. The van der Waals surface area contributed by atoms with E-state index >= 15 is 0 Å². The van der Waals surface area contributed by atoms with Crippen LogP contribution in [0.3, 0.4) is 0 Å². The molecule has 0 atom stereocenters. The van der Waals surface area contributed by atoms with E-state index in [0.717, 1.165) is 38.8 Å². The third-order valence-electron chi connectivity index (χ3n) is 3.61. The SMILES string of the molecule is CCCn1ccnc(NCC2(CCO)CC2)c1=O. The maximum absolute atomic E-state index is 12.0. The molecule has 1 aliphatic rings. The number of aromatic nitrogens is 2. The van der Waals surface area contributed by atoms with Gasteiger partial charge >= 0.3 is 0 Å². The first-order valence-corrected chi connectivity index (χ1v) is 6.61. The average molecular weight is 251 g/mol. The zero-order valence-electron chi connectivity index (χ0n) is 10.9. The Kier molecular flexibility index (Phi) is 4.01. The predicted molar refractivity (Wildman–Crippen MR) is 70.6 cm³/mol. The van der Waals surface area contributed by atoms with Crippen LogP contribution >= 0.6 is 0 Å². The topological polar surface area (TPSA) is 67.2 Å². The van der Waals surface area contributed by atoms with Crippen molar-refractivity contribution < 1.29 is 5.11 Å². The van der Waals surface area contributed by atoms with Crippen LogP contribution in [-0.2, 0) is 6.54 Å². The number of anilines is 1. The standard InChI is InChI=1S/C13H21N3O2/c1-2-7-16-8-6-14-11(12(16)18)15-10-13(3-4-13)5-9-17/h6,8,17H,2-5,7,9-10H2,1H3,(H,14,15). The average Bonchev–Trinajstić information content (AvgIpc) is 3.11. The van der Waals surface area contributed by atoms with Crippen molar-refractivity contribution in [3.63, 3.8) is 0 Å².